The summed E-state index contributed by atoms with van der Waals surface area (Å²) in [6.45, 7) is 4.27. The van der Waals surface area contributed by atoms with Crippen LogP contribution in [0.2, 0.25) is 0 Å². The number of piperazine rings is 1. The molecule has 1 aliphatic heterocycles. The van der Waals surface area contributed by atoms with Gasteiger partial charge in [0, 0.05) is 32.1 Å². The molecule has 0 unspecified atom stereocenters. The lowest BCUT2D eigenvalue weighted by molar-refractivity contribution is -0.133. The number of hydrogen-bond donors (Lipinski definition) is 1. The molecule has 5 nitrogen and oxygen atoms in total. The number of amides is 1. The normalized spacial score (nSPS) is 25.7. The van der Waals surface area contributed by atoms with Crippen molar-refractivity contribution in [3.63, 3.8) is 0 Å². The summed E-state index contributed by atoms with van der Waals surface area (Å²) >= 11 is 0. The van der Waals surface area contributed by atoms with E-state index < -0.39 is 9.84 Å². The first-order valence-electron chi connectivity index (χ1n) is 7.22. The third-order valence-corrected chi connectivity index (χ3v) is 6.49. The Bertz CT molecular complexity index is 416. The van der Waals surface area contributed by atoms with Gasteiger partial charge in [0.25, 0.3) is 0 Å². The van der Waals surface area contributed by atoms with Crippen LogP contribution in [0.5, 0.6) is 0 Å². The topological polar surface area (TPSA) is 66.5 Å². The van der Waals surface area contributed by atoms with Crippen LogP contribution >= 0.6 is 0 Å². The van der Waals surface area contributed by atoms with E-state index >= 15 is 0 Å². The summed E-state index contributed by atoms with van der Waals surface area (Å²) in [4.78, 5) is 13.9. The molecule has 1 atom stereocenters. The van der Waals surface area contributed by atoms with Gasteiger partial charge >= 0.3 is 0 Å². The molecular weight excluding hydrogens is 264 g/mol. The van der Waals surface area contributed by atoms with Crippen LogP contribution in [0, 0.1) is 0 Å². The molecule has 0 aromatic carbocycles. The van der Waals surface area contributed by atoms with Crippen molar-refractivity contribution in [3.05, 3.63) is 0 Å². The molecule has 1 N–H and O–H groups in total. The van der Waals surface area contributed by atoms with Gasteiger partial charge in [0.1, 0.15) is 0 Å². The fraction of sp³-hybridized carbons (Fsp3) is 0.923. The summed E-state index contributed by atoms with van der Waals surface area (Å²) in [5.74, 6) is 0.00299. The monoisotopic (exact) mass is 288 g/mol. The van der Waals surface area contributed by atoms with Crippen LogP contribution in [-0.4, -0.2) is 55.9 Å². The number of sulfone groups is 1. The lowest BCUT2D eigenvalue weighted by atomic mass is 10.2. The Hall–Kier alpha value is -0.620. The van der Waals surface area contributed by atoms with Crippen molar-refractivity contribution in [3.8, 4) is 0 Å². The zero-order chi connectivity index (χ0) is 13.9. The van der Waals surface area contributed by atoms with Crippen LogP contribution in [0.3, 0.4) is 0 Å². The van der Waals surface area contributed by atoms with Gasteiger partial charge in [-0.3, -0.25) is 4.79 Å². The molecular formula is C13H24N2O3S. The van der Waals surface area contributed by atoms with Gasteiger partial charge in [0.15, 0.2) is 9.84 Å². The van der Waals surface area contributed by atoms with Crippen LogP contribution in [-0.2, 0) is 14.6 Å². The minimum atomic E-state index is -3.07. The minimum absolute atomic E-state index is 0.0180. The maximum atomic E-state index is 12.1. The quantitative estimate of drug-likeness (QED) is 0.820. The van der Waals surface area contributed by atoms with Crippen molar-refractivity contribution in [2.24, 2.45) is 0 Å². The van der Waals surface area contributed by atoms with E-state index in [1.54, 1.807) is 4.90 Å². The van der Waals surface area contributed by atoms with E-state index in [2.05, 4.69) is 5.32 Å². The summed E-state index contributed by atoms with van der Waals surface area (Å²) in [5, 5.41) is 3.03. The molecule has 2 fully saturated rings. The maximum absolute atomic E-state index is 12.1. The second-order valence-corrected chi connectivity index (χ2v) is 8.06. The van der Waals surface area contributed by atoms with Gasteiger partial charge in [0.05, 0.1) is 11.0 Å². The smallest absolute Gasteiger partial charge is 0.223 e. The van der Waals surface area contributed by atoms with Crippen LogP contribution in [0.4, 0.5) is 0 Å². The Balaban J connectivity index is 1.85. The van der Waals surface area contributed by atoms with Gasteiger partial charge in [-0.05, 0) is 19.8 Å². The second kappa shape index (κ2) is 6.22. The zero-order valence-electron chi connectivity index (χ0n) is 11.6. The average molecular weight is 288 g/mol. The Morgan fingerprint density at radius 3 is 2.63 bits per heavy atom. The zero-order valence-corrected chi connectivity index (χ0v) is 12.4. The number of hydrogen-bond acceptors (Lipinski definition) is 4. The molecule has 0 aromatic rings. The predicted molar refractivity (Wildman–Crippen MR) is 74.7 cm³/mol. The van der Waals surface area contributed by atoms with E-state index in [1.165, 1.54) is 0 Å². The fourth-order valence-corrected chi connectivity index (χ4v) is 4.84. The lowest BCUT2D eigenvalue weighted by Crippen LogP contribution is -2.52. The van der Waals surface area contributed by atoms with E-state index in [-0.39, 0.29) is 29.4 Å². The average Bonchev–Trinajstić information content (AvgIpc) is 2.91. The SMILES string of the molecule is C[C@@H]1CNCCN1C(=O)CCS(=O)(=O)C1CCCC1. The maximum Gasteiger partial charge on any atom is 0.223 e. The predicted octanol–water partition coefficient (Wildman–Crippen LogP) is 0.554. The van der Waals surface area contributed by atoms with Gasteiger partial charge in [-0.15, -0.1) is 0 Å². The van der Waals surface area contributed by atoms with Crippen LogP contribution in [0.15, 0.2) is 0 Å². The Kier molecular flexibility index (Phi) is 4.84. The second-order valence-electron chi connectivity index (χ2n) is 5.66. The first-order chi connectivity index (χ1) is 9.00. The van der Waals surface area contributed by atoms with Crippen molar-refractivity contribution in [1.82, 2.24) is 10.2 Å². The van der Waals surface area contributed by atoms with Crippen LogP contribution < -0.4 is 5.32 Å². The molecule has 6 heteroatoms. The number of carbonyl (C=O) groups excluding carboxylic acids is 1. The first-order valence-corrected chi connectivity index (χ1v) is 8.94. The van der Waals surface area contributed by atoms with Crippen LogP contribution in [0.1, 0.15) is 39.0 Å². The van der Waals surface area contributed by atoms with E-state index in [0.717, 1.165) is 38.8 Å². The Labute approximate surface area is 115 Å². The highest BCUT2D eigenvalue weighted by atomic mass is 32.2. The Morgan fingerprint density at radius 2 is 2.00 bits per heavy atom. The molecule has 1 aliphatic carbocycles. The van der Waals surface area contributed by atoms with E-state index in [1.807, 2.05) is 6.92 Å². The number of rotatable bonds is 4. The first kappa shape index (κ1) is 14.8. The number of nitrogens with zero attached hydrogens (tertiary/aromatic N) is 1. The minimum Gasteiger partial charge on any atom is -0.337 e. The lowest BCUT2D eigenvalue weighted by Gasteiger charge is -2.34. The molecule has 2 rings (SSSR count). The van der Waals surface area contributed by atoms with Crippen molar-refractivity contribution in [2.75, 3.05) is 25.4 Å². The molecule has 110 valence electrons. The van der Waals surface area contributed by atoms with Crippen LogP contribution in [0.25, 0.3) is 0 Å². The van der Waals surface area contributed by atoms with Crippen molar-refractivity contribution in [1.29, 1.82) is 0 Å². The summed E-state index contributed by atoms with van der Waals surface area (Å²) < 4.78 is 24.2. The molecule has 0 bridgehead atoms. The summed E-state index contributed by atoms with van der Waals surface area (Å²) in [7, 11) is -3.07. The summed E-state index contributed by atoms with van der Waals surface area (Å²) in [6, 6.07) is 0.162. The highest BCUT2D eigenvalue weighted by Crippen LogP contribution is 2.25. The molecule has 0 radical (unpaired) electrons. The van der Waals surface area contributed by atoms with Crippen molar-refractivity contribution in [2.45, 2.75) is 50.3 Å². The van der Waals surface area contributed by atoms with Gasteiger partial charge in [-0.25, -0.2) is 8.42 Å². The summed E-state index contributed by atoms with van der Waals surface area (Å²) in [6.07, 6.45) is 3.71. The molecule has 1 heterocycles. The van der Waals surface area contributed by atoms with E-state index in [9.17, 15) is 13.2 Å². The van der Waals surface area contributed by atoms with E-state index in [4.69, 9.17) is 0 Å². The van der Waals surface area contributed by atoms with Crippen molar-refractivity contribution >= 4 is 15.7 Å². The van der Waals surface area contributed by atoms with Crippen molar-refractivity contribution < 1.29 is 13.2 Å². The highest BCUT2D eigenvalue weighted by Gasteiger charge is 2.30. The molecule has 2 aliphatic rings. The van der Waals surface area contributed by atoms with Gasteiger partial charge in [-0.1, -0.05) is 12.8 Å². The molecule has 0 spiro atoms. The third-order valence-electron chi connectivity index (χ3n) is 4.23. The molecule has 1 saturated heterocycles. The van der Waals surface area contributed by atoms with Gasteiger partial charge in [0.2, 0.25) is 5.91 Å². The Morgan fingerprint density at radius 1 is 1.32 bits per heavy atom. The number of carbonyl (C=O) groups is 1. The van der Waals surface area contributed by atoms with Gasteiger partial charge in [-0.2, -0.15) is 0 Å². The molecule has 1 saturated carbocycles. The summed E-state index contributed by atoms with van der Waals surface area (Å²) in [5.41, 5.74) is 0. The highest BCUT2D eigenvalue weighted by molar-refractivity contribution is 7.92. The molecule has 0 aromatic heterocycles. The van der Waals surface area contributed by atoms with E-state index in [0.29, 0.717) is 6.54 Å². The fourth-order valence-electron chi connectivity index (χ4n) is 3.00. The molecule has 19 heavy (non-hydrogen) atoms. The molecule has 1 amide bonds. The third kappa shape index (κ3) is 3.69. The van der Waals surface area contributed by atoms with Gasteiger partial charge < -0.3 is 10.2 Å². The largest absolute Gasteiger partial charge is 0.337 e. The standard InChI is InChI=1S/C13H24N2O3S/c1-11-10-14-7-8-15(11)13(16)6-9-19(17,18)12-4-2-3-5-12/h11-12,14H,2-10H2,1H3/t11-/m1/s1. The number of nitrogens with one attached hydrogen (secondary N) is 1.